The van der Waals surface area contributed by atoms with E-state index in [2.05, 4.69) is 21.2 Å². The molecule has 1 atom stereocenters. The molecule has 25 heavy (non-hydrogen) atoms. The molecule has 1 aromatic rings. The molecule has 138 valence electrons. The van der Waals surface area contributed by atoms with Gasteiger partial charge in [-0.15, -0.1) is 0 Å². The minimum absolute atomic E-state index is 0.0696. The summed E-state index contributed by atoms with van der Waals surface area (Å²) >= 11 is 0. The molecule has 2 fully saturated rings. The lowest BCUT2D eigenvalue weighted by Crippen LogP contribution is -2.45. The van der Waals surface area contributed by atoms with Crippen LogP contribution in [0.3, 0.4) is 0 Å². The second-order valence-electron chi connectivity index (χ2n) is 7.06. The van der Waals surface area contributed by atoms with Crippen molar-refractivity contribution in [1.29, 1.82) is 0 Å². The summed E-state index contributed by atoms with van der Waals surface area (Å²) in [5.41, 5.74) is 2.07. The molecule has 7 nitrogen and oxygen atoms in total. The maximum absolute atomic E-state index is 12.0. The zero-order valence-electron chi connectivity index (χ0n) is 15.3. The first-order valence-corrected chi connectivity index (χ1v) is 8.88. The first-order chi connectivity index (χ1) is 12.1. The summed E-state index contributed by atoms with van der Waals surface area (Å²) in [6, 6.07) is 3.96. The van der Waals surface area contributed by atoms with E-state index >= 15 is 0 Å². The molecule has 0 radical (unpaired) electrons. The minimum atomic E-state index is 0.0696. The number of methoxy groups -OCH3 is 1. The van der Waals surface area contributed by atoms with Crippen molar-refractivity contribution in [1.82, 2.24) is 9.88 Å². The Labute approximate surface area is 149 Å². The van der Waals surface area contributed by atoms with Gasteiger partial charge >= 0.3 is 0 Å². The first kappa shape index (κ1) is 18.1. The molecule has 0 spiro atoms. The summed E-state index contributed by atoms with van der Waals surface area (Å²) in [4.78, 5) is 21.1. The minimum Gasteiger partial charge on any atom is -0.382 e. The molecule has 1 aliphatic heterocycles. The highest BCUT2D eigenvalue weighted by Crippen LogP contribution is 2.30. The van der Waals surface area contributed by atoms with Gasteiger partial charge in [0.05, 0.1) is 30.7 Å². The third kappa shape index (κ3) is 4.90. The summed E-state index contributed by atoms with van der Waals surface area (Å²) in [6.07, 6.45) is 2.05. The maximum Gasteiger partial charge on any atom is 0.228 e. The SMILES string of the molecule is COCC1CN(c2ccc(NC(=O)C3CC3)nc2CN(C)C)CCO1. The number of nitrogens with zero attached hydrogens (tertiary/aromatic N) is 3. The molecule has 3 rings (SSSR count). The van der Waals surface area contributed by atoms with Gasteiger partial charge in [-0.05, 0) is 39.1 Å². The number of aromatic nitrogens is 1. The highest BCUT2D eigenvalue weighted by atomic mass is 16.5. The molecule has 1 unspecified atom stereocenters. The largest absolute Gasteiger partial charge is 0.382 e. The van der Waals surface area contributed by atoms with E-state index in [0.29, 0.717) is 19.0 Å². The second-order valence-corrected chi connectivity index (χ2v) is 7.06. The van der Waals surface area contributed by atoms with Crippen molar-refractivity contribution in [2.24, 2.45) is 5.92 Å². The van der Waals surface area contributed by atoms with E-state index in [4.69, 9.17) is 14.5 Å². The lowest BCUT2D eigenvalue weighted by Gasteiger charge is -2.35. The van der Waals surface area contributed by atoms with Crippen LogP contribution in [-0.2, 0) is 20.8 Å². The van der Waals surface area contributed by atoms with Gasteiger partial charge in [-0.2, -0.15) is 0 Å². The number of morpholine rings is 1. The number of ether oxygens (including phenoxy) is 2. The molecule has 7 heteroatoms. The monoisotopic (exact) mass is 348 g/mol. The third-order valence-electron chi connectivity index (χ3n) is 4.45. The van der Waals surface area contributed by atoms with Crippen molar-refractivity contribution in [3.05, 3.63) is 17.8 Å². The Morgan fingerprint density at radius 3 is 2.92 bits per heavy atom. The lowest BCUT2D eigenvalue weighted by atomic mass is 10.2. The van der Waals surface area contributed by atoms with E-state index < -0.39 is 0 Å². The number of hydrogen-bond acceptors (Lipinski definition) is 6. The number of pyridine rings is 1. The Balaban J connectivity index is 1.77. The van der Waals surface area contributed by atoms with Crippen molar-refractivity contribution < 1.29 is 14.3 Å². The van der Waals surface area contributed by atoms with Crippen LogP contribution in [0.1, 0.15) is 18.5 Å². The van der Waals surface area contributed by atoms with Gasteiger partial charge in [0, 0.05) is 32.7 Å². The normalized spacial score (nSPS) is 20.8. The third-order valence-corrected chi connectivity index (χ3v) is 4.45. The van der Waals surface area contributed by atoms with Crippen LogP contribution in [0.4, 0.5) is 11.5 Å². The summed E-state index contributed by atoms with van der Waals surface area (Å²) in [5, 5.41) is 2.94. The Morgan fingerprint density at radius 2 is 2.24 bits per heavy atom. The molecule has 1 saturated heterocycles. The Morgan fingerprint density at radius 1 is 1.44 bits per heavy atom. The van der Waals surface area contributed by atoms with E-state index in [9.17, 15) is 4.79 Å². The average molecular weight is 348 g/mol. The van der Waals surface area contributed by atoms with Crippen LogP contribution in [0.25, 0.3) is 0 Å². The highest BCUT2D eigenvalue weighted by molar-refractivity contribution is 5.93. The summed E-state index contributed by atoms with van der Waals surface area (Å²) in [5.74, 6) is 0.898. The number of amides is 1. The quantitative estimate of drug-likeness (QED) is 0.802. The van der Waals surface area contributed by atoms with Crippen molar-refractivity contribution >= 4 is 17.4 Å². The van der Waals surface area contributed by atoms with Crippen LogP contribution in [0, 0.1) is 5.92 Å². The fraction of sp³-hybridized carbons (Fsp3) is 0.667. The zero-order valence-corrected chi connectivity index (χ0v) is 15.3. The molecule has 1 amide bonds. The zero-order chi connectivity index (χ0) is 17.8. The van der Waals surface area contributed by atoms with Crippen LogP contribution in [0.5, 0.6) is 0 Å². The van der Waals surface area contributed by atoms with E-state index in [1.165, 1.54) is 0 Å². The molecule has 1 aliphatic carbocycles. The molecule has 1 aromatic heterocycles. The van der Waals surface area contributed by atoms with E-state index in [0.717, 1.165) is 43.9 Å². The van der Waals surface area contributed by atoms with Gasteiger partial charge in [-0.25, -0.2) is 4.98 Å². The number of rotatable bonds is 7. The van der Waals surface area contributed by atoms with Gasteiger partial charge in [-0.3, -0.25) is 4.79 Å². The van der Waals surface area contributed by atoms with Gasteiger partial charge in [0.2, 0.25) is 5.91 Å². The highest BCUT2D eigenvalue weighted by Gasteiger charge is 2.30. The molecule has 2 heterocycles. The second kappa shape index (κ2) is 8.12. The van der Waals surface area contributed by atoms with Crippen molar-refractivity contribution in [2.45, 2.75) is 25.5 Å². The fourth-order valence-electron chi connectivity index (χ4n) is 3.07. The summed E-state index contributed by atoms with van der Waals surface area (Å²) in [7, 11) is 5.74. The molecule has 0 aromatic carbocycles. The van der Waals surface area contributed by atoms with Crippen LogP contribution in [0.2, 0.25) is 0 Å². The Hall–Kier alpha value is -1.70. The Kier molecular flexibility index (Phi) is 5.88. The van der Waals surface area contributed by atoms with Crippen molar-refractivity contribution in [2.75, 3.05) is 57.7 Å². The molecule has 0 bridgehead atoms. The van der Waals surface area contributed by atoms with Crippen molar-refractivity contribution in [3.8, 4) is 0 Å². The van der Waals surface area contributed by atoms with Gasteiger partial charge in [0.1, 0.15) is 5.82 Å². The van der Waals surface area contributed by atoms with Crippen LogP contribution >= 0.6 is 0 Å². The number of carbonyl (C=O) groups excluding carboxylic acids is 1. The molecule has 2 aliphatic rings. The first-order valence-electron chi connectivity index (χ1n) is 8.88. The average Bonchev–Trinajstić information content (AvgIpc) is 3.40. The topological polar surface area (TPSA) is 66.9 Å². The predicted molar refractivity (Wildman–Crippen MR) is 96.8 cm³/mol. The number of nitrogens with one attached hydrogen (secondary N) is 1. The van der Waals surface area contributed by atoms with Gasteiger partial charge < -0.3 is 24.6 Å². The van der Waals surface area contributed by atoms with Crippen LogP contribution < -0.4 is 10.2 Å². The van der Waals surface area contributed by atoms with Gasteiger partial charge in [0.15, 0.2) is 0 Å². The Bertz CT molecular complexity index is 602. The molecular formula is C18H28N4O3. The molecular weight excluding hydrogens is 320 g/mol. The summed E-state index contributed by atoms with van der Waals surface area (Å²) in [6.45, 7) is 3.59. The van der Waals surface area contributed by atoms with Crippen molar-refractivity contribution in [3.63, 3.8) is 0 Å². The number of carbonyl (C=O) groups is 1. The van der Waals surface area contributed by atoms with Crippen LogP contribution in [0.15, 0.2) is 12.1 Å². The van der Waals surface area contributed by atoms with Gasteiger partial charge in [0.25, 0.3) is 0 Å². The van der Waals surface area contributed by atoms with Gasteiger partial charge in [-0.1, -0.05) is 0 Å². The standard InChI is InChI=1S/C18H28N4O3/c1-21(2)11-15-16(22-8-9-25-14(10-22)12-24-3)6-7-17(19-15)20-18(23)13-4-5-13/h6-7,13-14H,4-5,8-12H2,1-3H3,(H,19,20,23). The van der Waals surface area contributed by atoms with E-state index in [-0.39, 0.29) is 17.9 Å². The maximum atomic E-state index is 12.0. The molecule has 1 N–H and O–H groups in total. The predicted octanol–water partition coefficient (Wildman–Crippen LogP) is 1.34. The smallest absolute Gasteiger partial charge is 0.228 e. The van der Waals surface area contributed by atoms with E-state index in [1.807, 2.05) is 20.2 Å². The molecule has 1 saturated carbocycles. The summed E-state index contributed by atoms with van der Waals surface area (Å²) < 4.78 is 11.0. The number of anilines is 2. The van der Waals surface area contributed by atoms with Crippen LogP contribution in [-0.4, -0.2) is 69.4 Å². The number of hydrogen-bond donors (Lipinski definition) is 1. The lowest BCUT2D eigenvalue weighted by molar-refractivity contribution is -0.117. The van der Waals surface area contributed by atoms with E-state index in [1.54, 1.807) is 7.11 Å². The fourth-order valence-corrected chi connectivity index (χ4v) is 3.07.